The number of carbonyl (C=O) groups is 1. The summed E-state index contributed by atoms with van der Waals surface area (Å²) in [6.07, 6.45) is 0. The molecule has 1 N–H and O–H groups in total. The summed E-state index contributed by atoms with van der Waals surface area (Å²) in [6.45, 7) is 0. The van der Waals surface area contributed by atoms with Gasteiger partial charge in [-0.15, -0.1) is 0 Å². The molecule has 1 heterocycles. The lowest BCUT2D eigenvalue weighted by molar-refractivity contribution is 0.102. The number of nitrogens with zero attached hydrogens (tertiary/aromatic N) is 1. The molecule has 0 saturated carbocycles. The van der Waals surface area contributed by atoms with Crippen LogP contribution in [0.2, 0.25) is 5.15 Å². The number of para-hydroxylation sites is 2. The van der Waals surface area contributed by atoms with Crippen LogP contribution in [0.1, 0.15) is 10.4 Å². The number of hydrogen-bond donors (Lipinski definition) is 1. The maximum Gasteiger partial charge on any atom is 0.256 e. The number of amides is 1. The average molecular weight is 301 g/mol. The van der Waals surface area contributed by atoms with Gasteiger partial charge in [-0.3, -0.25) is 4.79 Å². The van der Waals surface area contributed by atoms with Gasteiger partial charge in [0.1, 0.15) is 11.0 Å². The van der Waals surface area contributed by atoms with Crippen molar-refractivity contribution in [3.63, 3.8) is 0 Å². The Kier molecular flexibility index (Phi) is 3.54. The van der Waals surface area contributed by atoms with Gasteiger partial charge in [0.25, 0.3) is 5.91 Å². The third-order valence-corrected chi connectivity index (χ3v) is 3.25. The number of halogens is 2. The summed E-state index contributed by atoms with van der Waals surface area (Å²) in [6, 6.07) is 14.6. The summed E-state index contributed by atoms with van der Waals surface area (Å²) >= 11 is 5.94. The van der Waals surface area contributed by atoms with Crippen LogP contribution in [0, 0.1) is 5.82 Å². The zero-order valence-electron chi connectivity index (χ0n) is 10.8. The maximum absolute atomic E-state index is 13.6. The number of pyridine rings is 1. The normalized spacial score (nSPS) is 10.6. The van der Waals surface area contributed by atoms with Crippen LogP contribution in [-0.2, 0) is 0 Å². The molecule has 0 atom stereocenters. The van der Waals surface area contributed by atoms with Crippen molar-refractivity contribution < 1.29 is 9.18 Å². The molecule has 0 fully saturated rings. The quantitative estimate of drug-likeness (QED) is 0.718. The van der Waals surface area contributed by atoms with E-state index < -0.39 is 11.7 Å². The molecule has 0 aliphatic heterocycles. The van der Waals surface area contributed by atoms with E-state index in [1.54, 1.807) is 30.3 Å². The number of nitrogens with one attached hydrogen (secondary N) is 1. The third-order valence-electron chi connectivity index (χ3n) is 3.05. The van der Waals surface area contributed by atoms with Gasteiger partial charge in [0.05, 0.1) is 16.8 Å². The SMILES string of the molecule is O=C(Nc1ccccc1F)c1cc(Cl)nc2ccccc12. The maximum atomic E-state index is 13.6. The second-order valence-electron chi connectivity index (χ2n) is 4.44. The Balaban J connectivity index is 2.04. The van der Waals surface area contributed by atoms with Crippen molar-refractivity contribution >= 4 is 34.1 Å². The fourth-order valence-corrected chi connectivity index (χ4v) is 2.28. The molecule has 1 amide bonds. The lowest BCUT2D eigenvalue weighted by Crippen LogP contribution is -2.13. The summed E-state index contributed by atoms with van der Waals surface area (Å²) in [4.78, 5) is 16.5. The molecule has 0 radical (unpaired) electrons. The highest BCUT2D eigenvalue weighted by molar-refractivity contribution is 6.30. The first kappa shape index (κ1) is 13.5. The monoisotopic (exact) mass is 300 g/mol. The summed E-state index contributed by atoms with van der Waals surface area (Å²) in [5.74, 6) is -0.920. The van der Waals surface area contributed by atoms with E-state index in [1.165, 1.54) is 18.2 Å². The molecule has 0 aliphatic rings. The van der Waals surface area contributed by atoms with Gasteiger partial charge in [0.15, 0.2) is 0 Å². The number of aromatic nitrogens is 1. The van der Waals surface area contributed by atoms with Crippen LogP contribution in [0.3, 0.4) is 0 Å². The first-order valence-corrected chi connectivity index (χ1v) is 6.64. The molecule has 3 rings (SSSR count). The van der Waals surface area contributed by atoms with Crippen LogP contribution >= 0.6 is 11.6 Å². The predicted molar refractivity (Wildman–Crippen MR) is 81.1 cm³/mol. The lowest BCUT2D eigenvalue weighted by Gasteiger charge is -2.09. The van der Waals surface area contributed by atoms with E-state index in [1.807, 2.05) is 6.07 Å². The molecule has 21 heavy (non-hydrogen) atoms. The largest absolute Gasteiger partial charge is 0.319 e. The Morgan fingerprint density at radius 1 is 1.10 bits per heavy atom. The highest BCUT2D eigenvalue weighted by Crippen LogP contribution is 2.22. The van der Waals surface area contributed by atoms with Crippen LogP contribution in [0.25, 0.3) is 10.9 Å². The van der Waals surface area contributed by atoms with Gasteiger partial charge >= 0.3 is 0 Å². The number of fused-ring (bicyclic) bond motifs is 1. The van der Waals surface area contributed by atoms with E-state index in [2.05, 4.69) is 10.3 Å². The molecule has 0 spiro atoms. The first-order chi connectivity index (χ1) is 10.1. The summed E-state index contributed by atoms with van der Waals surface area (Å²) in [5, 5.41) is 3.42. The van der Waals surface area contributed by atoms with Crippen LogP contribution < -0.4 is 5.32 Å². The molecule has 104 valence electrons. The highest BCUT2D eigenvalue weighted by Gasteiger charge is 2.14. The zero-order valence-corrected chi connectivity index (χ0v) is 11.6. The van der Waals surface area contributed by atoms with Gasteiger partial charge in [-0.2, -0.15) is 0 Å². The number of benzene rings is 2. The Labute approximate surface area is 125 Å². The molecule has 1 aromatic heterocycles. The van der Waals surface area contributed by atoms with Crippen molar-refractivity contribution in [2.45, 2.75) is 0 Å². The molecule has 2 aromatic carbocycles. The van der Waals surface area contributed by atoms with Crippen LogP contribution in [0.15, 0.2) is 54.6 Å². The molecule has 0 saturated heterocycles. The van der Waals surface area contributed by atoms with Crippen molar-refractivity contribution in [1.82, 2.24) is 4.98 Å². The Bertz CT molecular complexity index is 835. The first-order valence-electron chi connectivity index (χ1n) is 6.26. The Hall–Kier alpha value is -2.46. The number of rotatable bonds is 2. The van der Waals surface area contributed by atoms with Crippen molar-refractivity contribution in [1.29, 1.82) is 0 Å². The summed E-state index contributed by atoms with van der Waals surface area (Å²) in [5.41, 5.74) is 1.09. The van der Waals surface area contributed by atoms with Crippen molar-refractivity contribution in [3.8, 4) is 0 Å². The summed E-state index contributed by atoms with van der Waals surface area (Å²) < 4.78 is 13.6. The van der Waals surface area contributed by atoms with Crippen molar-refractivity contribution in [2.75, 3.05) is 5.32 Å². The molecule has 5 heteroatoms. The second-order valence-corrected chi connectivity index (χ2v) is 4.83. The molecule has 3 nitrogen and oxygen atoms in total. The fraction of sp³-hybridized carbons (Fsp3) is 0. The number of anilines is 1. The fourth-order valence-electron chi connectivity index (χ4n) is 2.08. The van der Waals surface area contributed by atoms with Crippen LogP contribution in [0.5, 0.6) is 0 Å². The highest BCUT2D eigenvalue weighted by atomic mass is 35.5. The van der Waals surface area contributed by atoms with Gasteiger partial charge in [-0.05, 0) is 24.3 Å². The van der Waals surface area contributed by atoms with E-state index in [0.717, 1.165) is 0 Å². The molecule has 3 aromatic rings. The minimum atomic E-state index is -0.490. The molecule has 0 bridgehead atoms. The standard InChI is InChI=1S/C16H10ClFN2O/c17-15-9-11(10-5-1-3-7-13(10)19-15)16(21)20-14-8-4-2-6-12(14)18/h1-9H,(H,20,21). The zero-order chi connectivity index (χ0) is 14.8. The molecular formula is C16H10ClFN2O. The van der Waals surface area contributed by atoms with Crippen molar-refractivity contribution in [3.05, 3.63) is 71.1 Å². The van der Waals surface area contributed by atoms with Gasteiger partial charge < -0.3 is 5.32 Å². The van der Waals surface area contributed by atoms with Gasteiger partial charge in [0, 0.05) is 5.39 Å². The molecule has 0 aliphatic carbocycles. The van der Waals surface area contributed by atoms with E-state index >= 15 is 0 Å². The Morgan fingerprint density at radius 3 is 2.62 bits per heavy atom. The second kappa shape index (κ2) is 5.50. The molecule has 0 unspecified atom stereocenters. The lowest BCUT2D eigenvalue weighted by atomic mass is 10.1. The van der Waals surface area contributed by atoms with Crippen molar-refractivity contribution in [2.24, 2.45) is 0 Å². The average Bonchev–Trinajstić information content (AvgIpc) is 2.48. The van der Waals surface area contributed by atoms with Gasteiger partial charge in [-0.25, -0.2) is 9.37 Å². The minimum absolute atomic E-state index is 0.125. The number of hydrogen-bond acceptors (Lipinski definition) is 2. The molecular weight excluding hydrogens is 291 g/mol. The van der Waals surface area contributed by atoms with Crippen LogP contribution in [-0.4, -0.2) is 10.9 Å². The van der Waals surface area contributed by atoms with E-state index in [4.69, 9.17) is 11.6 Å². The topological polar surface area (TPSA) is 42.0 Å². The van der Waals surface area contributed by atoms with E-state index in [-0.39, 0.29) is 10.8 Å². The third kappa shape index (κ3) is 2.71. The Morgan fingerprint density at radius 2 is 1.81 bits per heavy atom. The smallest absolute Gasteiger partial charge is 0.256 e. The van der Waals surface area contributed by atoms with E-state index in [9.17, 15) is 9.18 Å². The van der Waals surface area contributed by atoms with Crippen LogP contribution in [0.4, 0.5) is 10.1 Å². The van der Waals surface area contributed by atoms with E-state index in [0.29, 0.717) is 16.5 Å². The minimum Gasteiger partial charge on any atom is -0.319 e. The summed E-state index contributed by atoms with van der Waals surface area (Å²) in [7, 11) is 0. The number of carbonyl (C=O) groups excluding carboxylic acids is 1. The predicted octanol–water partition coefficient (Wildman–Crippen LogP) is 4.28. The van der Waals surface area contributed by atoms with Gasteiger partial charge in [-0.1, -0.05) is 41.9 Å². The van der Waals surface area contributed by atoms with Gasteiger partial charge in [0.2, 0.25) is 0 Å².